The molecule has 0 bridgehead atoms. The summed E-state index contributed by atoms with van der Waals surface area (Å²) in [7, 11) is 2.05. The summed E-state index contributed by atoms with van der Waals surface area (Å²) < 4.78 is 6.10. The van der Waals surface area contributed by atoms with Crippen molar-refractivity contribution in [2.45, 2.75) is 51.4 Å². The molecule has 0 aromatic heterocycles. The Morgan fingerprint density at radius 1 is 1.40 bits per heavy atom. The van der Waals surface area contributed by atoms with Crippen molar-refractivity contribution < 1.29 is 9.84 Å². The maximum atomic E-state index is 10.8. The molecular formula is C16H24ClNO2. The zero-order chi connectivity index (χ0) is 14.9. The van der Waals surface area contributed by atoms with E-state index in [0.717, 1.165) is 30.7 Å². The molecule has 0 saturated heterocycles. The molecule has 0 radical (unpaired) electrons. The van der Waals surface area contributed by atoms with Crippen molar-refractivity contribution in [2.24, 2.45) is 0 Å². The highest BCUT2D eigenvalue weighted by Crippen LogP contribution is 2.42. The fourth-order valence-corrected chi connectivity index (χ4v) is 3.24. The molecule has 1 N–H and O–H groups in total. The summed E-state index contributed by atoms with van der Waals surface area (Å²) in [5.41, 5.74) is 0.341. The molecule has 3 nitrogen and oxygen atoms in total. The summed E-state index contributed by atoms with van der Waals surface area (Å²) in [5.74, 6) is 0.729. The van der Waals surface area contributed by atoms with E-state index in [0.29, 0.717) is 5.02 Å². The van der Waals surface area contributed by atoms with Crippen LogP contribution in [0.1, 0.15) is 45.3 Å². The maximum Gasteiger partial charge on any atom is 0.126 e. The number of rotatable bonds is 4. The van der Waals surface area contributed by atoms with E-state index < -0.39 is 11.7 Å². The molecule has 2 unspecified atom stereocenters. The van der Waals surface area contributed by atoms with Gasteiger partial charge in [0.1, 0.15) is 17.5 Å². The summed E-state index contributed by atoms with van der Waals surface area (Å²) >= 11 is 6.04. The third kappa shape index (κ3) is 2.95. The van der Waals surface area contributed by atoms with E-state index >= 15 is 0 Å². The maximum absolute atomic E-state index is 10.8. The SMILES string of the molecule is CCCCN(C)C1C(O)c2cc(Cl)ccc2OC1(C)C. The van der Waals surface area contributed by atoms with Crippen LogP contribution in [0.25, 0.3) is 0 Å². The lowest BCUT2D eigenvalue weighted by Gasteiger charge is -2.47. The molecule has 0 amide bonds. The molecule has 0 aliphatic carbocycles. The van der Waals surface area contributed by atoms with E-state index in [1.54, 1.807) is 12.1 Å². The highest BCUT2D eigenvalue weighted by molar-refractivity contribution is 6.30. The lowest BCUT2D eigenvalue weighted by Crippen LogP contribution is -2.57. The molecular weight excluding hydrogens is 274 g/mol. The molecule has 1 aliphatic rings. The second kappa shape index (κ2) is 5.92. The average Bonchev–Trinajstić information content (AvgIpc) is 2.36. The molecule has 0 fully saturated rings. The van der Waals surface area contributed by atoms with Gasteiger partial charge in [-0.05, 0) is 52.1 Å². The number of nitrogens with zero attached hydrogens (tertiary/aromatic N) is 1. The van der Waals surface area contributed by atoms with Crippen LogP contribution in [0.15, 0.2) is 18.2 Å². The van der Waals surface area contributed by atoms with Crippen LogP contribution in [-0.4, -0.2) is 35.2 Å². The zero-order valence-corrected chi connectivity index (χ0v) is 13.4. The molecule has 1 aromatic rings. The van der Waals surface area contributed by atoms with Crippen LogP contribution >= 0.6 is 11.6 Å². The topological polar surface area (TPSA) is 32.7 Å². The fourth-order valence-electron chi connectivity index (χ4n) is 3.06. The van der Waals surface area contributed by atoms with E-state index in [4.69, 9.17) is 16.3 Å². The monoisotopic (exact) mass is 297 g/mol. The van der Waals surface area contributed by atoms with Crippen molar-refractivity contribution in [3.8, 4) is 5.75 Å². The van der Waals surface area contributed by atoms with Gasteiger partial charge in [0.2, 0.25) is 0 Å². The van der Waals surface area contributed by atoms with Gasteiger partial charge in [0.25, 0.3) is 0 Å². The van der Waals surface area contributed by atoms with Crippen molar-refractivity contribution >= 4 is 11.6 Å². The van der Waals surface area contributed by atoms with Crippen LogP contribution in [0.2, 0.25) is 5.02 Å². The number of fused-ring (bicyclic) bond motifs is 1. The van der Waals surface area contributed by atoms with Crippen LogP contribution in [0.5, 0.6) is 5.75 Å². The van der Waals surface area contributed by atoms with E-state index in [1.165, 1.54) is 0 Å². The number of unbranched alkanes of at least 4 members (excludes halogenated alkanes) is 1. The van der Waals surface area contributed by atoms with Gasteiger partial charge in [0, 0.05) is 10.6 Å². The number of ether oxygens (including phenoxy) is 1. The number of aliphatic hydroxyl groups excluding tert-OH is 1. The van der Waals surface area contributed by atoms with Crippen molar-refractivity contribution in [1.82, 2.24) is 4.90 Å². The minimum Gasteiger partial charge on any atom is -0.486 e. The standard InChI is InChI=1S/C16H24ClNO2/c1-5-6-9-18(4)15-14(19)12-10-11(17)7-8-13(12)20-16(15,2)3/h7-8,10,14-15,19H,5-6,9H2,1-4H3. The number of hydrogen-bond donors (Lipinski definition) is 1. The summed E-state index contributed by atoms with van der Waals surface area (Å²) in [4.78, 5) is 2.19. The van der Waals surface area contributed by atoms with Gasteiger partial charge >= 0.3 is 0 Å². The first-order valence-corrected chi connectivity index (χ1v) is 7.61. The Balaban J connectivity index is 2.33. The van der Waals surface area contributed by atoms with E-state index in [9.17, 15) is 5.11 Å². The van der Waals surface area contributed by atoms with Gasteiger partial charge in [0.05, 0.1) is 6.04 Å². The number of hydrogen-bond acceptors (Lipinski definition) is 3. The summed E-state index contributed by atoms with van der Waals surface area (Å²) in [6.45, 7) is 7.17. The molecule has 1 aromatic carbocycles. The molecule has 1 aliphatic heterocycles. The molecule has 4 heteroatoms. The van der Waals surface area contributed by atoms with Crippen LogP contribution in [0.3, 0.4) is 0 Å². The molecule has 2 atom stereocenters. The predicted molar refractivity (Wildman–Crippen MR) is 82.4 cm³/mol. The number of halogens is 1. The van der Waals surface area contributed by atoms with Crippen LogP contribution < -0.4 is 4.74 Å². The second-order valence-corrected chi connectivity index (χ2v) is 6.55. The average molecular weight is 298 g/mol. The van der Waals surface area contributed by atoms with Gasteiger partial charge < -0.3 is 9.84 Å². The first kappa shape index (κ1) is 15.6. The minimum absolute atomic E-state index is 0.0833. The van der Waals surface area contributed by atoms with E-state index in [2.05, 4.69) is 11.8 Å². The molecule has 20 heavy (non-hydrogen) atoms. The molecule has 112 valence electrons. The molecule has 1 heterocycles. The van der Waals surface area contributed by atoms with Gasteiger partial charge in [-0.25, -0.2) is 0 Å². The lowest BCUT2D eigenvalue weighted by molar-refractivity contribution is -0.0749. The Morgan fingerprint density at radius 3 is 2.75 bits per heavy atom. The van der Waals surface area contributed by atoms with Crippen molar-refractivity contribution in [1.29, 1.82) is 0 Å². The van der Waals surface area contributed by atoms with Crippen LogP contribution in [-0.2, 0) is 0 Å². The Morgan fingerprint density at radius 2 is 2.10 bits per heavy atom. The highest BCUT2D eigenvalue weighted by Gasteiger charge is 2.45. The van der Waals surface area contributed by atoms with Gasteiger partial charge in [-0.15, -0.1) is 0 Å². The quantitative estimate of drug-likeness (QED) is 0.921. The number of likely N-dealkylation sites (N-methyl/N-ethyl adjacent to an activating group) is 1. The third-order valence-electron chi connectivity index (χ3n) is 4.01. The van der Waals surface area contributed by atoms with Crippen LogP contribution in [0, 0.1) is 0 Å². The fraction of sp³-hybridized carbons (Fsp3) is 0.625. The van der Waals surface area contributed by atoms with Crippen LogP contribution in [0.4, 0.5) is 0 Å². The first-order valence-electron chi connectivity index (χ1n) is 7.23. The van der Waals surface area contributed by atoms with Gasteiger partial charge in [-0.1, -0.05) is 24.9 Å². The highest BCUT2D eigenvalue weighted by atomic mass is 35.5. The molecule has 0 saturated carbocycles. The van der Waals surface area contributed by atoms with E-state index in [-0.39, 0.29) is 6.04 Å². The zero-order valence-electron chi connectivity index (χ0n) is 12.7. The van der Waals surface area contributed by atoms with Crippen molar-refractivity contribution in [3.63, 3.8) is 0 Å². The normalized spacial score (nSPS) is 24.4. The molecule has 0 spiro atoms. The van der Waals surface area contributed by atoms with Gasteiger partial charge in [-0.2, -0.15) is 0 Å². The lowest BCUT2D eigenvalue weighted by atomic mass is 9.85. The summed E-state index contributed by atoms with van der Waals surface area (Å²) in [6.07, 6.45) is 1.66. The van der Waals surface area contributed by atoms with Gasteiger partial charge in [0.15, 0.2) is 0 Å². The third-order valence-corrected chi connectivity index (χ3v) is 4.25. The largest absolute Gasteiger partial charge is 0.486 e. The minimum atomic E-state index is -0.589. The Labute approximate surface area is 126 Å². The summed E-state index contributed by atoms with van der Waals surface area (Å²) in [5, 5.41) is 11.4. The number of benzene rings is 1. The summed E-state index contributed by atoms with van der Waals surface area (Å²) in [6, 6.07) is 5.35. The molecule has 2 rings (SSSR count). The number of aliphatic hydroxyl groups is 1. The predicted octanol–water partition coefficient (Wildman–Crippen LogP) is 3.64. The Hall–Kier alpha value is -0.770. The van der Waals surface area contributed by atoms with Crippen molar-refractivity contribution in [2.75, 3.05) is 13.6 Å². The Kier molecular flexibility index (Phi) is 4.62. The smallest absolute Gasteiger partial charge is 0.126 e. The Bertz CT molecular complexity index is 476. The van der Waals surface area contributed by atoms with E-state index in [1.807, 2.05) is 27.0 Å². The van der Waals surface area contributed by atoms with Gasteiger partial charge in [-0.3, -0.25) is 4.90 Å². The first-order chi connectivity index (χ1) is 9.36. The second-order valence-electron chi connectivity index (χ2n) is 6.11. The van der Waals surface area contributed by atoms with Crippen molar-refractivity contribution in [3.05, 3.63) is 28.8 Å².